The molecule has 1 aromatic heterocycles. The van der Waals surface area contributed by atoms with E-state index in [1.165, 1.54) is 6.07 Å². The molecule has 2 atom stereocenters. The highest BCUT2D eigenvalue weighted by Crippen LogP contribution is 2.47. The van der Waals surface area contributed by atoms with E-state index in [4.69, 9.17) is 9.47 Å². The van der Waals surface area contributed by atoms with Gasteiger partial charge in [0.1, 0.15) is 23.8 Å². The molecule has 0 aliphatic carbocycles. The van der Waals surface area contributed by atoms with Crippen LogP contribution in [0.3, 0.4) is 0 Å². The third-order valence-electron chi connectivity index (χ3n) is 7.86. The third kappa shape index (κ3) is 4.10. The highest BCUT2D eigenvalue weighted by Gasteiger charge is 2.55. The number of ether oxygens (including phenoxy) is 2. The lowest BCUT2D eigenvalue weighted by Gasteiger charge is -2.52. The van der Waals surface area contributed by atoms with Crippen LogP contribution in [-0.4, -0.2) is 40.2 Å². The number of rotatable bonds is 6. The highest BCUT2D eigenvalue weighted by molar-refractivity contribution is 6.01. The number of carbonyl (C=O) groups excluding carboxylic acids is 2. The minimum atomic E-state index is -0.926. The Bertz CT molecular complexity index is 1540. The molecular weight excluding hydrogens is 508 g/mol. The minimum Gasteiger partial charge on any atom is -0.483 e. The fraction of sp³-hybridized carbons (Fsp3) is 0.345. The number of aromatic nitrogens is 1. The number of amides is 2. The van der Waals surface area contributed by atoms with Gasteiger partial charge < -0.3 is 24.3 Å². The van der Waals surface area contributed by atoms with E-state index in [2.05, 4.69) is 5.32 Å². The average Bonchev–Trinajstić information content (AvgIpc) is 3.36. The number of carbonyl (C=O) groups is 2. The van der Waals surface area contributed by atoms with Gasteiger partial charge in [-0.15, -0.1) is 0 Å². The first-order valence-corrected chi connectivity index (χ1v) is 13.0. The second kappa shape index (κ2) is 9.60. The Kier molecular flexibility index (Phi) is 6.22. The monoisotopic (exact) mass is 535 g/mol. The maximum absolute atomic E-state index is 14.2. The minimum absolute atomic E-state index is 0.0238. The topological polar surface area (TPSA) is 89.9 Å². The Hall–Kier alpha value is -4.05. The van der Waals surface area contributed by atoms with E-state index in [1.807, 2.05) is 37.3 Å². The number of halogens is 2. The molecule has 39 heavy (non-hydrogen) atoms. The van der Waals surface area contributed by atoms with E-state index in [0.29, 0.717) is 38.1 Å². The first kappa shape index (κ1) is 25.2. The summed E-state index contributed by atoms with van der Waals surface area (Å²) in [6.07, 6.45) is 1.60. The van der Waals surface area contributed by atoms with Crippen LogP contribution in [0, 0.1) is 11.6 Å². The maximum atomic E-state index is 14.2. The molecule has 6 rings (SSSR count). The van der Waals surface area contributed by atoms with Crippen LogP contribution in [0.15, 0.2) is 53.3 Å². The van der Waals surface area contributed by atoms with E-state index in [-0.39, 0.29) is 47.7 Å². The molecule has 10 heteroatoms. The Balaban J connectivity index is 1.44. The Morgan fingerprint density at radius 2 is 1.97 bits per heavy atom. The number of hydrogen-bond donors (Lipinski definition) is 1. The summed E-state index contributed by atoms with van der Waals surface area (Å²) in [6.45, 7) is 2.62. The lowest BCUT2D eigenvalue weighted by Crippen LogP contribution is -2.63. The van der Waals surface area contributed by atoms with E-state index in [1.54, 1.807) is 9.47 Å². The zero-order valence-electron chi connectivity index (χ0n) is 21.3. The standard InChI is InChI=1S/C29H27F2N3O5/c1-29-22-11-10-21-23(27(36)32-15-18-8-9-19(30)14-20(18)31)25(35)26(38-16-17-6-3-2-4-7-17)24(34(21)22)28(37)33(29)12-5-13-39-29/h2-4,6-9,14,22H,5,10-13,15-16H2,1H3,(H,32,36). The van der Waals surface area contributed by atoms with Crippen LogP contribution in [0.4, 0.5) is 8.78 Å². The Labute approximate surface area is 223 Å². The van der Waals surface area contributed by atoms with Gasteiger partial charge in [0.25, 0.3) is 11.8 Å². The molecule has 202 valence electrons. The van der Waals surface area contributed by atoms with Gasteiger partial charge in [-0.2, -0.15) is 0 Å². The van der Waals surface area contributed by atoms with E-state index in [9.17, 15) is 23.2 Å². The molecule has 1 saturated heterocycles. The van der Waals surface area contributed by atoms with Gasteiger partial charge in [0.15, 0.2) is 17.2 Å². The number of pyridine rings is 1. The molecule has 3 aromatic rings. The van der Waals surface area contributed by atoms with E-state index in [0.717, 1.165) is 17.7 Å². The fourth-order valence-electron chi connectivity index (χ4n) is 5.95. The molecule has 2 aromatic carbocycles. The number of nitrogens with one attached hydrogen (secondary N) is 1. The number of nitrogens with zero attached hydrogens (tertiary/aromatic N) is 2. The summed E-state index contributed by atoms with van der Waals surface area (Å²) in [4.78, 5) is 42.9. The van der Waals surface area contributed by atoms with Crippen molar-refractivity contribution in [2.45, 2.75) is 51.1 Å². The van der Waals surface area contributed by atoms with Gasteiger partial charge in [-0.25, -0.2) is 8.78 Å². The maximum Gasteiger partial charge on any atom is 0.276 e. The summed E-state index contributed by atoms with van der Waals surface area (Å²) in [6, 6.07) is 12.0. The van der Waals surface area contributed by atoms with Crippen molar-refractivity contribution in [3.05, 3.63) is 98.5 Å². The zero-order chi connectivity index (χ0) is 27.3. The lowest BCUT2D eigenvalue weighted by atomic mass is 9.95. The molecule has 0 bridgehead atoms. The van der Waals surface area contributed by atoms with E-state index < -0.39 is 28.7 Å². The van der Waals surface area contributed by atoms with Crippen molar-refractivity contribution in [3.8, 4) is 5.75 Å². The first-order valence-electron chi connectivity index (χ1n) is 13.0. The van der Waals surface area contributed by atoms with Crippen molar-refractivity contribution in [1.82, 2.24) is 14.8 Å². The predicted octanol–water partition coefficient (Wildman–Crippen LogP) is 3.72. The van der Waals surface area contributed by atoms with Crippen molar-refractivity contribution in [3.63, 3.8) is 0 Å². The van der Waals surface area contributed by atoms with Crippen molar-refractivity contribution in [2.24, 2.45) is 0 Å². The van der Waals surface area contributed by atoms with Crippen molar-refractivity contribution < 1.29 is 27.8 Å². The van der Waals surface area contributed by atoms with Crippen LogP contribution in [0.5, 0.6) is 5.75 Å². The SMILES string of the molecule is CC12OCCCN1C(=O)c1c(OCc3ccccc3)c(=O)c(C(=O)NCc3ccc(F)cc3F)c3n1C2CC3. The number of fused-ring (bicyclic) bond motifs is 2. The smallest absolute Gasteiger partial charge is 0.276 e. The zero-order valence-corrected chi connectivity index (χ0v) is 21.3. The first-order chi connectivity index (χ1) is 18.8. The molecule has 4 heterocycles. The van der Waals surface area contributed by atoms with Gasteiger partial charge in [0.2, 0.25) is 5.43 Å². The van der Waals surface area contributed by atoms with Gasteiger partial charge in [-0.3, -0.25) is 14.4 Å². The van der Waals surface area contributed by atoms with Gasteiger partial charge in [0, 0.05) is 30.4 Å². The predicted molar refractivity (Wildman–Crippen MR) is 136 cm³/mol. The van der Waals surface area contributed by atoms with Crippen LogP contribution in [-0.2, 0) is 24.3 Å². The number of benzene rings is 2. The van der Waals surface area contributed by atoms with Crippen LogP contribution in [0.2, 0.25) is 0 Å². The van der Waals surface area contributed by atoms with Crippen molar-refractivity contribution >= 4 is 11.8 Å². The second-order valence-corrected chi connectivity index (χ2v) is 10.2. The highest BCUT2D eigenvalue weighted by atomic mass is 19.1. The largest absolute Gasteiger partial charge is 0.483 e. The molecule has 3 aliphatic rings. The molecule has 1 fully saturated rings. The normalized spacial score (nSPS) is 21.4. The van der Waals surface area contributed by atoms with Crippen molar-refractivity contribution in [1.29, 1.82) is 0 Å². The molecule has 8 nitrogen and oxygen atoms in total. The van der Waals surface area contributed by atoms with Gasteiger partial charge in [-0.1, -0.05) is 36.4 Å². The molecule has 3 aliphatic heterocycles. The molecule has 0 radical (unpaired) electrons. The molecule has 0 saturated carbocycles. The lowest BCUT2D eigenvalue weighted by molar-refractivity contribution is -0.186. The molecular formula is C29H27F2N3O5. The van der Waals surface area contributed by atoms with Crippen LogP contribution in [0.1, 0.15) is 63.5 Å². The van der Waals surface area contributed by atoms with Crippen LogP contribution in [0.25, 0.3) is 0 Å². The summed E-state index contributed by atoms with van der Waals surface area (Å²) in [5.41, 5.74) is -0.355. The van der Waals surface area contributed by atoms with Crippen molar-refractivity contribution in [2.75, 3.05) is 13.2 Å². The third-order valence-corrected chi connectivity index (χ3v) is 7.86. The number of hydrogen-bond acceptors (Lipinski definition) is 5. The summed E-state index contributed by atoms with van der Waals surface area (Å²) in [5.74, 6) is -2.82. The van der Waals surface area contributed by atoms with Gasteiger partial charge >= 0.3 is 0 Å². The van der Waals surface area contributed by atoms with Gasteiger partial charge in [0.05, 0.1) is 12.6 Å². The molecule has 2 unspecified atom stereocenters. The Morgan fingerprint density at radius 3 is 2.74 bits per heavy atom. The quantitative estimate of drug-likeness (QED) is 0.520. The average molecular weight is 536 g/mol. The van der Waals surface area contributed by atoms with E-state index >= 15 is 0 Å². The summed E-state index contributed by atoms with van der Waals surface area (Å²) in [7, 11) is 0. The summed E-state index contributed by atoms with van der Waals surface area (Å²) >= 11 is 0. The molecule has 2 amide bonds. The second-order valence-electron chi connectivity index (χ2n) is 10.2. The fourth-order valence-corrected chi connectivity index (χ4v) is 5.95. The molecule has 1 N–H and O–H groups in total. The van der Waals surface area contributed by atoms with Crippen LogP contribution < -0.4 is 15.5 Å². The molecule has 0 spiro atoms. The van der Waals surface area contributed by atoms with Crippen LogP contribution >= 0.6 is 0 Å². The Morgan fingerprint density at radius 1 is 1.18 bits per heavy atom. The summed E-state index contributed by atoms with van der Waals surface area (Å²) < 4.78 is 41.4. The summed E-state index contributed by atoms with van der Waals surface area (Å²) in [5, 5.41) is 2.60. The van der Waals surface area contributed by atoms with Gasteiger partial charge in [-0.05, 0) is 37.8 Å².